The van der Waals surface area contributed by atoms with Crippen LogP contribution in [-0.2, 0) is 4.79 Å². The number of rotatable bonds is 6. The number of piperazine rings is 1. The number of likely N-dealkylation sites (N-methyl/N-ethyl adjacent to an activating group) is 1. The van der Waals surface area contributed by atoms with E-state index in [1.54, 1.807) is 0 Å². The van der Waals surface area contributed by atoms with Gasteiger partial charge in [-0.3, -0.25) is 14.6 Å². The lowest BCUT2D eigenvalue weighted by atomic mass is 10.2. The van der Waals surface area contributed by atoms with Crippen LogP contribution in [0.1, 0.15) is 34.6 Å². The number of hydrogen-bond acceptors (Lipinski definition) is 3. The molecule has 0 radical (unpaired) electrons. The number of carbonyl (C=O) groups is 1. The lowest BCUT2D eigenvalue weighted by molar-refractivity contribution is -0.134. The average molecular weight is 269 g/mol. The third-order valence-corrected chi connectivity index (χ3v) is 4.01. The van der Waals surface area contributed by atoms with Gasteiger partial charge in [-0.2, -0.15) is 0 Å². The molecule has 0 atom stereocenters. The smallest absolute Gasteiger partial charge is 0.225 e. The van der Waals surface area contributed by atoms with Gasteiger partial charge in [0.15, 0.2) is 0 Å². The minimum absolute atomic E-state index is 0.109. The van der Waals surface area contributed by atoms with Crippen molar-refractivity contribution < 1.29 is 4.79 Å². The Kier molecular flexibility index (Phi) is 6.80. The number of carbonyl (C=O) groups excluding carboxylic acids is 1. The Balaban J connectivity index is 2.31. The Morgan fingerprint density at radius 2 is 1.68 bits per heavy atom. The number of amides is 1. The highest BCUT2D eigenvalue weighted by Gasteiger charge is 2.20. The van der Waals surface area contributed by atoms with E-state index in [9.17, 15) is 4.79 Å². The van der Waals surface area contributed by atoms with Gasteiger partial charge < -0.3 is 4.90 Å². The van der Waals surface area contributed by atoms with Crippen molar-refractivity contribution in [2.75, 3.05) is 45.8 Å². The Morgan fingerprint density at radius 1 is 1.11 bits per heavy atom. The van der Waals surface area contributed by atoms with Gasteiger partial charge in [-0.25, -0.2) is 0 Å². The van der Waals surface area contributed by atoms with E-state index in [2.05, 4.69) is 30.6 Å². The second-order valence-electron chi connectivity index (χ2n) is 6.04. The van der Waals surface area contributed by atoms with Crippen molar-refractivity contribution in [3.05, 3.63) is 0 Å². The first-order valence-corrected chi connectivity index (χ1v) is 7.70. The average Bonchev–Trinajstić information content (AvgIpc) is 2.39. The van der Waals surface area contributed by atoms with Gasteiger partial charge in [0.2, 0.25) is 5.91 Å². The molecule has 1 fully saturated rings. The van der Waals surface area contributed by atoms with Crippen LogP contribution < -0.4 is 0 Å². The minimum Gasteiger partial charge on any atom is -0.341 e. The van der Waals surface area contributed by atoms with E-state index in [1.807, 2.05) is 18.7 Å². The summed E-state index contributed by atoms with van der Waals surface area (Å²) in [6, 6.07) is 0.650. The molecule has 0 spiro atoms. The Bertz CT molecular complexity index is 271. The van der Waals surface area contributed by atoms with E-state index in [0.29, 0.717) is 6.04 Å². The normalized spacial score (nSPS) is 18.3. The molecule has 1 aliphatic heterocycles. The first kappa shape index (κ1) is 16.4. The molecule has 112 valence electrons. The Hall–Kier alpha value is -0.610. The maximum absolute atomic E-state index is 12.0. The molecule has 19 heavy (non-hydrogen) atoms. The molecule has 1 aliphatic rings. The maximum Gasteiger partial charge on any atom is 0.225 e. The van der Waals surface area contributed by atoms with E-state index in [4.69, 9.17) is 0 Å². The van der Waals surface area contributed by atoms with Gasteiger partial charge in [0, 0.05) is 57.8 Å². The van der Waals surface area contributed by atoms with Gasteiger partial charge in [-0.05, 0) is 20.8 Å². The molecular weight excluding hydrogens is 238 g/mol. The highest BCUT2D eigenvalue weighted by molar-refractivity contribution is 5.78. The SMILES string of the molecule is CCN(CCN1CCN(C(C)C)CC1)C(=O)C(C)C. The van der Waals surface area contributed by atoms with Crippen LogP contribution in [-0.4, -0.2) is 72.5 Å². The van der Waals surface area contributed by atoms with E-state index < -0.39 is 0 Å². The molecule has 0 saturated carbocycles. The van der Waals surface area contributed by atoms with Gasteiger partial charge >= 0.3 is 0 Å². The minimum atomic E-state index is 0.109. The van der Waals surface area contributed by atoms with Gasteiger partial charge in [0.25, 0.3) is 0 Å². The van der Waals surface area contributed by atoms with Crippen LogP contribution in [0.4, 0.5) is 0 Å². The summed E-state index contributed by atoms with van der Waals surface area (Å²) in [5.41, 5.74) is 0. The second-order valence-corrected chi connectivity index (χ2v) is 6.04. The zero-order valence-electron chi connectivity index (χ0n) is 13.4. The van der Waals surface area contributed by atoms with Crippen molar-refractivity contribution >= 4 is 5.91 Å². The monoisotopic (exact) mass is 269 g/mol. The van der Waals surface area contributed by atoms with E-state index in [-0.39, 0.29) is 11.8 Å². The molecule has 1 saturated heterocycles. The van der Waals surface area contributed by atoms with Crippen LogP contribution >= 0.6 is 0 Å². The van der Waals surface area contributed by atoms with E-state index in [0.717, 1.165) is 45.8 Å². The van der Waals surface area contributed by atoms with Crippen LogP contribution in [0.5, 0.6) is 0 Å². The number of hydrogen-bond donors (Lipinski definition) is 0. The predicted molar refractivity (Wildman–Crippen MR) is 80.2 cm³/mol. The summed E-state index contributed by atoms with van der Waals surface area (Å²) in [6.45, 7) is 17.8. The number of nitrogens with zero attached hydrogens (tertiary/aromatic N) is 3. The summed E-state index contributed by atoms with van der Waals surface area (Å²) in [4.78, 5) is 19.0. The third-order valence-electron chi connectivity index (χ3n) is 4.01. The zero-order valence-corrected chi connectivity index (χ0v) is 13.4. The molecule has 0 unspecified atom stereocenters. The van der Waals surface area contributed by atoms with Crippen molar-refractivity contribution in [1.29, 1.82) is 0 Å². The first-order chi connectivity index (χ1) is 8.95. The van der Waals surface area contributed by atoms with Gasteiger partial charge in [-0.1, -0.05) is 13.8 Å². The maximum atomic E-state index is 12.0. The molecule has 4 heteroatoms. The molecule has 0 aromatic heterocycles. The Morgan fingerprint density at radius 3 is 2.11 bits per heavy atom. The summed E-state index contributed by atoms with van der Waals surface area (Å²) in [5, 5.41) is 0. The first-order valence-electron chi connectivity index (χ1n) is 7.70. The highest BCUT2D eigenvalue weighted by atomic mass is 16.2. The van der Waals surface area contributed by atoms with Crippen molar-refractivity contribution in [2.45, 2.75) is 40.7 Å². The molecule has 1 rings (SSSR count). The van der Waals surface area contributed by atoms with Crippen molar-refractivity contribution in [3.8, 4) is 0 Å². The van der Waals surface area contributed by atoms with Crippen molar-refractivity contribution in [2.24, 2.45) is 5.92 Å². The van der Waals surface area contributed by atoms with Crippen molar-refractivity contribution in [3.63, 3.8) is 0 Å². The second kappa shape index (κ2) is 7.85. The molecule has 1 heterocycles. The van der Waals surface area contributed by atoms with Crippen LogP contribution in [0.2, 0.25) is 0 Å². The van der Waals surface area contributed by atoms with Crippen LogP contribution in [0.25, 0.3) is 0 Å². The summed E-state index contributed by atoms with van der Waals surface area (Å²) in [6.07, 6.45) is 0. The summed E-state index contributed by atoms with van der Waals surface area (Å²) < 4.78 is 0. The van der Waals surface area contributed by atoms with E-state index in [1.165, 1.54) is 0 Å². The van der Waals surface area contributed by atoms with Gasteiger partial charge in [-0.15, -0.1) is 0 Å². The molecule has 0 N–H and O–H groups in total. The predicted octanol–water partition coefficient (Wildman–Crippen LogP) is 1.52. The van der Waals surface area contributed by atoms with Crippen LogP contribution in [0, 0.1) is 5.92 Å². The van der Waals surface area contributed by atoms with E-state index >= 15 is 0 Å². The van der Waals surface area contributed by atoms with Crippen LogP contribution in [0.15, 0.2) is 0 Å². The fourth-order valence-electron chi connectivity index (χ4n) is 2.55. The van der Waals surface area contributed by atoms with Gasteiger partial charge in [0.1, 0.15) is 0 Å². The van der Waals surface area contributed by atoms with Gasteiger partial charge in [0.05, 0.1) is 0 Å². The molecule has 0 bridgehead atoms. The summed E-state index contributed by atoms with van der Waals surface area (Å²) in [5.74, 6) is 0.390. The highest BCUT2D eigenvalue weighted by Crippen LogP contribution is 2.07. The lowest BCUT2D eigenvalue weighted by Crippen LogP contribution is -2.50. The lowest BCUT2D eigenvalue weighted by Gasteiger charge is -2.37. The standard InChI is InChI=1S/C15H31N3O/c1-6-17(15(19)13(2)3)10-7-16-8-11-18(12-9-16)14(4)5/h13-14H,6-12H2,1-5H3. The molecule has 0 aromatic rings. The quantitative estimate of drug-likeness (QED) is 0.731. The largest absolute Gasteiger partial charge is 0.341 e. The van der Waals surface area contributed by atoms with Crippen LogP contribution in [0.3, 0.4) is 0 Å². The molecule has 1 amide bonds. The third kappa shape index (κ3) is 5.11. The molecule has 0 aromatic carbocycles. The topological polar surface area (TPSA) is 26.8 Å². The molecule has 0 aliphatic carbocycles. The molecular formula is C15H31N3O. The summed E-state index contributed by atoms with van der Waals surface area (Å²) >= 11 is 0. The summed E-state index contributed by atoms with van der Waals surface area (Å²) in [7, 11) is 0. The van der Waals surface area contributed by atoms with Crippen molar-refractivity contribution in [1.82, 2.24) is 14.7 Å². The fourth-order valence-corrected chi connectivity index (χ4v) is 2.55. The molecule has 4 nitrogen and oxygen atoms in total. The zero-order chi connectivity index (χ0) is 14.4. The Labute approximate surface area is 118 Å². The fraction of sp³-hybridized carbons (Fsp3) is 0.933.